The number of hydrogen-bond acceptors (Lipinski definition) is 5. The Balaban J connectivity index is 1.97. The Morgan fingerprint density at radius 2 is 1.84 bits per heavy atom. The van der Waals surface area contributed by atoms with Gasteiger partial charge in [-0.3, -0.25) is 4.79 Å². The predicted octanol–water partition coefficient (Wildman–Crippen LogP) is 5.14. The molecule has 0 aromatic heterocycles. The molecule has 1 aliphatic rings. The van der Waals surface area contributed by atoms with Gasteiger partial charge in [-0.25, -0.2) is 4.79 Å². The van der Waals surface area contributed by atoms with Crippen LogP contribution in [0.3, 0.4) is 0 Å². The fourth-order valence-corrected chi connectivity index (χ4v) is 4.05. The van der Waals surface area contributed by atoms with Crippen LogP contribution in [0.15, 0.2) is 30.3 Å². The lowest BCUT2D eigenvalue weighted by Crippen LogP contribution is -2.43. The second kappa shape index (κ2) is 10.6. The molecule has 7 nitrogen and oxygen atoms in total. The molecule has 0 spiro atoms. The number of methoxy groups -OCH3 is 1. The van der Waals surface area contributed by atoms with E-state index >= 15 is 0 Å². The van der Waals surface area contributed by atoms with Gasteiger partial charge in [0.05, 0.1) is 32.8 Å². The molecule has 32 heavy (non-hydrogen) atoms. The number of hydrogen-bond donors (Lipinski definition) is 1. The Morgan fingerprint density at radius 3 is 2.50 bits per heavy atom. The normalized spacial score (nSPS) is 15.0. The van der Waals surface area contributed by atoms with Crippen molar-refractivity contribution in [3.05, 3.63) is 52.0 Å². The Kier molecular flexibility index (Phi) is 7.85. The number of rotatable bonds is 7. The summed E-state index contributed by atoms with van der Waals surface area (Å²) in [5, 5.41) is 3.51. The summed E-state index contributed by atoms with van der Waals surface area (Å²) in [5.41, 5.74) is 3.29. The van der Waals surface area contributed by atoms with Gasteiger partial charge in [0.1, 0.15) is 0 Å². The summed E-state index contributed by atoms with van der Waals surface area (Å²) >= 11 is 6.20. The fourth-order valence-electron chi connectivity index (χ4n) is 3.88. The maximum absolute atomic E-state index is 13.3. The second-order valence-corrected chi connectivity index (χ2v) is 7.85. The molecule has 1 N–H and O–H groups in total. The maximum atomic E-state index is 13.3. The van der Waals surface area contributed by atoms with Crippen molar-refractivity contribution in [1.29, 1.82) is 0 Å². The Morgan fingerprint density at radius 1 is 1.16 bits per heavy atom. The van der Waals surface area contributed by atoms with Crippen molar-refractivity contribution in [2.24, 2.45) is 0 Å². The third-order valence-electron chi connectivity index (χ3n) is 5.52. The Bertz CT molecular complexity index is 995. The van der Waals surface area contributed by atoms with Gasteiger partial charge in [-0.2, -0.15) is 0 Å². The highest BCUT2D eigenvalue weighted by molar-refractivity contribution is 6.31. The molecular formula is C24H29ClN2O5. The van der Waals surface area contributed by atoms with Crippen molar-refractivity contribution in [3.8, 4) is 11.5 Å². The fraction of sp³-hybridized carbons (Fsp3) is 0.417. The van der Waals surface area contributed by atoms with Crippen molar-refractivity contribution in [2.45, 2.75) is 39.7 Å². The molecule has 0 fully saturated rings. The topological polar surface area (TPSA) is 77.1 Å². The highest BCUT2D eigenvalue weighted by Gasteiger charge is 2.34. The van der Waals surface area contributed by atoms with Crippen LogP contribution in [-0.4, -0.2) is 43.8 Å². The van der Waals surface area contributed by atoms with E-state index in [1.807, 2.05) is 32.9 Å². The quantitative estimate of drug-likeness (QED) is 0.579. The number of benzene rings is 2. The summed E-state index contributed by atoms with van der Waals surface area (Å²) in [6, 6.07) is 8.38. The van der Waals surface area contributed by atoms with E-state index in [-0.39, 0.29) is 12.5 Å². The Labute approximate surface area is 193 Å². The minimum Gasteiger partial charge on any atom is -0.490 e. The van der Waals surface area contributed by atoms with Crippen LogP contribution in [0.5, 0.6) is 11.5 Å². The molecule has 0 bridgehead atoms. The van der Waals surface area contributed by atoms with E-state index in [2.05, 4.69) is 5.32 Å². The van der Waals surface area contributed by atoms with E-state index in [1.54, 1.807) is 23.1 Å². The average molecular weight is 461 g/mol. The van der Waals surface area contributed by atoms with Crippen molar-refractivity contribution >= 4 is 29.3 Å². The van der Waals surface area contributed by atoms with Crippen LogP contribution < -0.4 is 14.8 Å². The van der Waals surface area contributed by atoms with Crippen LogP contribution in [0.4, 0.5) is 10.5 Å². The number of halogens is 1. The molecule has 0 saturated carbocycles. The van der Waals surface area contributed by atoms with E-state index < -0.39 is 12.0 Å². The number of carbonyl (C=O) groups is 2. The molecule has 0 saturated heterocycles. The number of anilines is 1. The molecule has 2 amide bonds. The lowest BCUT2D eigenvalue weighted by Gasteiger charge is -2.37. The van der Waals surface area contributed by atoms with Crippen LogP contribution in [0.25, 0.3) is 0 Å². The highest BCUT2D eigenvalue weighted by Crippen LogP contribution is 2.40. The zero-order valence-corrected chi connectivity index (χ0v) is 19.6. The molecule has 3 rings (SSSR count). The number of nitrogens with one attached hydrogen (secondary N) is 1. The van der Waals surface area contributed by atoms with Gasteiger partial charge in [0.2, 0.25) is 0 Å². The summed E-state index contributed by atoms with van der Waals surface area (Å²) in [6.45, 7) is 7.09. The second-order valence-electron chi connectivity index (χ2n) is 7.45. The minimum absolute atomic E-state index is 0.0327. The van der Waals surface area contributed by atoms with Crippen molar-refractivity contribution in [1.82, 2.24) is 4.90 Å². The van der Waals surface area contributed by atoms with E-state index in [1.165, 1.54) is 7.11 Å². The van der Waals surface area contributed by atoms with Crippen molar-refractivity contribution < 1.29 is 23.8 Å². The third-order valence-corrected chi connectivity index (χ3v) is 5.93. The average Bonchev–Trinajstić information content (AvgIpc) is 2.77. The lowest BCUT2D eigenvalue weighted by molar-refractivity contribution is -0.141. The van der Waals surface area contributed by atoms with Crippen LogP contribution in [-0.2, 0) is 16.0 Å². The molecule has 172 valence electrons. The summed E-state index contributed by atoms with van der Waals surface area (Å²) in [6.07, 6.45) is 0.659. The molecular weight excluding hydrogens is 432 g/mol. The van der Waals surface area contributed by atoms with Crippen LogP contribution in [0, 0.1) is 6.92 Å². The molecule has 2 aromatic carbocycles. The highest BCUT2D eigenvalue weighted by atomic mass is 35.5. The zero-order chi connectivity index (χ0) is 23.3. The molecule has 2 aromatic rings. The number of urea groups is 1. The summed E-state index contributed by atoms with van der Waals surface area (Å²) < 4.78 is 16.4. The lowest BCUT2D eigenvalue weighted by atomic mass is 9.90. The van der Waals surface area contributed by atoms with Crippen LogP contribution in [0.2, 0.25) is 5.02 Å². The van der Waals surface area contributed by atoms with Crippen LogP contribution in [0.1, 0.15) is 43.0 Å². The standard InChI is InChI=1S/C24H29ClN2O5/c1-5-31-21-12-16-10-11-27(24(29)26-19-9-7-8-18(25)15(19)3)20(14-23(28)30-4)17(16)13-22(21)32-6-2/h7-9,12-13,20H,5-6,10-11,14H2,1-4H3,(H,26,29)/t20-/m0/s1. The maximum Gasteiger partial charge on any atom is 0.322 e. The van der Waals surface area contributed by atoms with E-state index in [0.29, 0.717) is 48.4 Å². The predicted molar refractivity (Wildman–Crippen MR) is 124 cm³/mol. The molecule has 0 aliphatic carbocycles. The molecule has 1 atom stereocenters. The van der Waals surface area contributed by atoms with Gasteiger partial charge in [-0.15, -0.1) is 0 Å². The summed E-state index contributed by atoms with van der Waals surface area (Å²) in [7, 11) is 1.34. The number of carbonyl (C=O) groups excluding carboxylic acids is 2. The number of esters is 1. The first kappa shape index (κ1) is 23.7. The molecule has 8 heteroatoms. The molecule has 1 aliphatic heterocycles. The minimum atomic E-state index is -0.499. The van der Waals surface area contributed by atoms with Gasteiger partial charge >= 0.3 is 12.0 Å². The van der Waals surface area contributed by atoms with E-state index in [0.717, 1.165) is 16.7 Å². The molecule has 0 radical (unpaired) electrons. The monoisotopic (exact) mass is 460 g/mol. The van der Waals surface area contributed by atoms with Gasteiger partial charge in [0.25, 0.3) is 0 Å². The van der Waals surface area contributed by atoms with Crippen molar-refractivity contribution in [2.75, 3.05) is 32.2 Å². The number of ether oxygens (including phenoxy) is 3. The Hall–Kier alpha value is -2.93. The van der Waals surface area contributed by atoms with Gasteiger partial charge in [-0.1, -0.05) is 17.7 Å². The number of nitrogens with zero attached hydrogens (tertiary/aromatic N) is 1. The van der Waals surface area contributed by atoms with E-state index in [4.69, 9.17) is 25.8 Å². The number of amides is 2. The summed E-state index contributed by atoms with van der Waals surface area (Å²) in [5.74, 6) is 0.861. The molecule has 0 unspecified atom stereocenters. The number of fused-ring (bicyclic) bond motifs is 1. The smallest absolute Gasteiger partial charge is 0.322 e. The van der Waals surface area contributed by atoms with Gasteiger partial charge < -0.3 is 24.4 Å². The van der Waals surface area contributed by atoms with Gasteiger partial charge in [-0.05, 0) is 68.1 Å². The SMILES string of the molecule is CCOc1cc2c(cc1OCC)[C@H](CC(=O)OC)N(C(=O)Nc1cccc(Cl)c1C)CC2. The van der Waals surface area contributed by atoms with E-state index in [9.17, 15) is 9.59 Å². The third kappa shape index (κ3) is 5.10. The summed E-state index contributed by atoms with van der Waals surface area (Å²) in [4.78, 5) is 27.2. The first-order chi connectivity index (χ1) is 15.4. The first-order valence-electron chi connectivity index (χ1n) is 10.7. The van der Waals surface area contributed by atoms with Gasteiger partial charge in [0.15, 0.2) is 11.5 Å². The van der Waals surface area contributed by atoms with Gasteiger partial charge in [0, 0.05) is 17.3 Å². The van der Waals surface area contributed by atoms with Crippen molar-refractivity contribution in [3.63, 3.8) is 0 Å². The van der Waals surface area contributed by atoms with Crippen LogP contribution >= 0.6 is 11.6 Å². The first-order valence-corrected chi connectivity index (χ1v) is 11.1. The molecule has 1 heterocycles. The largest absolute Gasteiger partial charge is 0.490 e. The zero-order valence-electron chi connectivity index (χ0n) is 18.9.